The van der Waals surface area contributed by atoms with Gasteiger partial charge in [-0.1, -0.05) is 17.3 Å². The summed E-state index contributed by atoms with van der Waals surface area (Å²) in [6.45, 7) is 2.72. The van der Waals surface area contributed by atoms with Crippen LogP contribution in [0.4, 0.5) is 18.0 Å². The Kier molecular flexibility index (Phi) is 6.18. The average molecular weight is 391 g/mol. The molecule has 148 valence electrons. The van der Waals surface area contributed by atoms with Crippen molar-refractivity contribution in [2.75, 3.05) is 13.1 Å². The normalized spacial score (nSPS) is 15.7. The summed E-state index contributed by atoms with van der Waals surface area (Å²) in [5.74, 6) is -1.74. The van der Waals surface area contributed by atoms with Gasteiger partial charge in [0, 0.05) is 31.1 Å². The molecular weight excluding hydrogens is 371 g/mol. The highest BCUT2D eigenvalue weighted by molar-refractivity contribution is 6.01. The molecule has 0 saturated heterocycles. The van der Waals surface area contributed by atoms with E-state index in [1.165, 1.54) is 23.1 Å². The highest BCUT2D eigenvalue weighted by atomic mass is 19.1. The Balaban J connectivity index is 1.67. The van der Waals surface area contributed by atoms with Gasteiger partial charge in [0.1, 0.15) is 17.5 Å². The van der Waals surface area contributed by atoms with E-state index in [9.17, 15) is 18.0 Å². The third kappa shape index (κ3) is 4.82. The van der Waals surface area contributed by atoms with Crippen LogP contribution in [0.2, 0.25) is 0 Å². The molecule has 2 amide bonds. The minimum absolute atomic E-state index is 0.173. The zero-order valence-electron chi connectivity index (χ0n) is 15.3. The van der Waals surface area contributed by atoms with Crippen LogP contribution < -0.4 is 5.32 Å². The van der Waals surface area contributed by atoms with Gasteiger partial charge in [0.05, 0.1) is 12.3 Å². The molecule has 0 radical (unpaired) electrons. The zero-order valence-corrected chi connectivity index (χ0v) is 15.3. The SMILES string of the molecule is CCNC(=O)N(Cc1ccc(F)cc1)C[C@H]1CC(c2ccc(F)cc2F)=NO1. The van der Waals surface area contributed by atoms with Crippen molar-refractivity contribution in [3.8, 4) is 0 Å². The molecule has 5 nitrogen and oxygen atoms in total. The smallest absolute Gasteiger partial charge is 0.317 e. The van der Waals surface area contributed by atoms with E-state index >= 15 is 0 Å². The van der Waals surface area contributed by atoms with Crippen LogP contribution >= 0.6 is 0 Å². The first-order chi connectivity index (χ1) is 13.5. The first kappa shape index (κ1) is 19.7. The van der Waals surface area contributed by atoms with Gasteiger partial charge in [-0.15, -0.1) is 0 Å². The van der Waals surface area contributed by atoms with Crippen LogP contribution in [0.25, 0.3) is 0 Å². The number of carbonyl (C=O) groups excluding carboxylic acids is 1. The number of carbonyl (C=O) groups is 1. The third-order valence-corrected chi connectivity index (χ3v) is 4.30. The molecule has 1 heterocycles. The van der Waals surface area contributed by atoms with E-state index in [0.717, 1.165) is 17.7 Å². The Morgan fingerprint density at radius 2 is 1.89 bits per heavy atom. The van der Waals surface area contributed by atoms with Crippen molar-refractivity contribution in [2.24, 2.45) is 5.16 Å². The highest BCUT2D eigenvalue weighted by Gasteiger charge is 2.28. The second-order valence-corrected chi connectivity index (χ2v) is 6.44. The predicted octanol–water partition coefficient (Wildman–Crippen LogP) is 3.83. The van der Waals surface area contributed by atoms with Crippen molar-refractivity contribution >= 4 is 11.7 Å². The third-order valence-electron chi connectivity index (χ3n) is 4.30. The Morgan fingerprint density at radius 1 is 1.18 bits per heavy atom. The number of nitrogens with zero attached hydrogens (tertiary/aromatic N) is 2. The molecule has 3 rings (SSSR count). The van der Waals surface area contributed by atoms with Crippen LogP contribution in [-0.2, 0) is 11.4 Å². The molecule has 0 saturated carbocycles. The maximum Gasteiger partial charge on any atom is 0.317 e. The molecule has 0 bridgehead atoms. The number of amides is 2. The summed E-state index contributed by atoms with van der Waals surface area (Å²) < 4.78 is 40.2. The van der Waals surface area contributed by atoms with Crippen molar-refractivity contribution in [1.82, 2.24) is 10.2 Å². The lowest BCUT2D eigenvalue weighted by Crippen LogP contribution is -2.43. The lowest BCUT2D eigenvalue weighted by Gasteiger charge is -2.25. The van der Waals surface area contributed by atoms with Gasteiger partial charge in [0.25, 0.3) is 0 Å². The molecule has 0 spiro atoms. The maximum atomic E-state index is 14.0. The lowest BCUT2D eigenvalue weighted by molar-refractivity contribution is 0.0590. The first-order valence-electron chi connectivity index (χ1n) is 8.91. The van der Waals surface area contributed by atoms with Crippen molar-refractivity contribution in [2.45, 2.75) is 26.0 Å². The molecule has 2 aromatic rings. The van der Waals surface area contributed by atoms with Crippen LogP contribution in [0.15, 0.2) is 47.6 Å². The van der Waals surface area contributed by atoms with E-state index in [1.807, 2.05) is 0 Å². The lowest BCUT2D eigenvalue weighted by atomic mass is 10.0. The summed E-state index contributed by atoms with van der Waals surface area (Å²) in [5, 5.41) is 6.63. The topological polar surface area (TPSA) is 53.9 Å². The fourth-order valence-corrected chi connectivity index (χ4v) is 2.95. The second kappa shape index (κ2) is 8.77. The molecule has 1 atom stereocenters. The van der Waals surface area contributed by atoms with Crippen molar-refractivity contribution < 1.29 is 22.8 Å². The number of rotatable bonds is 6. The molecule has 0 fully saturated rings. The van der Waals surface area contributed by atoms with Crippen molar-refractivity contribution in [1.29, 1.82) is 0 Å². The standard InChI is InChI=1S/C20H20F3N3O2/c1-2-24-20(27)26(11-13-3-5-14(21)6-4-13)12-16-10-19(25-28-16)17-8-7-15(22)9-18(17)23/h3-9,16H,2,10-12H2,1H3,(H,24,27)/t16-/m1/s1. The number of urea groups is 1. The van der Waals surface area contributed by atoms with Crippen LogP contribution in [0.3, 0.4) is 0 Å². The van der Waals surface area contributed by atoms with E-state index < -0.39 is 17.7 Å². The summed E-state index contributed by atoms with van der Waals surface area (Å²) >= 11 is 0. The Morgan fingerprint density at radius 3 is 2.57 bits per heavy atom. The number of benzene rings is 2. The second-order valence-electron chi connectivity index (χ2n) is 6.44. The fraction of sp³-hybridized carbons (Fsp3) is 0.300. The molecule has 0 unspecified atom stereocenters. The molecular formula is C20H20F3N3O2. The number of nitrogens with one attached hydrogen (secondary N) is 1. The minimum Gasteiger partial charge on any atom is -0.390 e. The fourth-order valence-electron chi connectivity index (χ4n) is 2.95. The van der Waals surface area contributed by atoms with Gasteiger partial charge in [-0.25, -0.2) is 18.0 Å². The monoisotopic (exact) mass is 391 g/mol. The Labute approximate surface area is 160 Å². The van der Waals surface area contributed by atoms with Gasteiger partial charge in [-0.3, -0.25) is 0 Å². The maximum absolute atomic E-state index is 14.0. The summed E-state index contributed by atoms with van der Waals surface area (Å²) in [4.78, 5) is 19.3. The minimum atomic E-state index is -0.713. The Bertz CT molecular complexity index is 871. The highest BCUT2D eigenvalue weighted by Crippen LogP contribution is 2.21. The van der Waals surface area contributed by atoms with Gasteiger partial charge in [-0.2, -0.15) is 0 Å². The summed E-state index contributed by atoms with van der Waals surface area (Å²) in [6.07, 6.45) is -0.190. The molecule has 0 aliphatic carbocycles. The molecule has 1 aliphatic heterocycles. The summed E-state index contributed by atoms with van der Waals surface area (Å²) in [6, 6.07) is 8.84. The van der Waals surface area contributed by atoms with E-state index in [1.54, 1.807) is 19.1 Å². The average Bonchev–Trinajstić information content (AvgIpc) is 3.11. The van der Waals surface area contributed by atoms with Gasteiger partial charge >= 0.3 is 6.03 Å². The van der Waals surface area contributed by atoms with E-state index in [-0.39, 0.29) is 36.9 Å². The predicted molar refractivity (Wildman–Crippen MR) is 98.3 cm³/mol. The molecule has 8 heteroatoms. The summed E-state index contributed by atoms with van der Waals surface area (Å²) in [7, 11) is 0. The number of oxime groups is 1. The van der Waals surface area contributed by atoms with Crippen LogP contribution in [0, 0.1) is 17.5 Å². The molecule has 1 aliphatic rings. The summed E-state index contributed by atoms with van der Waals surface area (Å²) in [5.41, 5.74) is 1.29. The Hall–Kier alpha value is -3.03. The zero-order chi connectivity index (χ0) is 20.1. The molecule has 1 N–H and O–H groups in total. The largest absolute Gasteiger partial charge is 0.390 e. The first-order valence-corrected chi connectivity index (χ1v) is 8.91. The van der Waals surface area contributed by atoms with E-state index in [4.69, 9.17) is 4.84 Å². The number of hydrogen-bond acceptors (Lipinski definition) is 3. The van der Waals surface area contributed by atoms with Crippen molar-refractivity contribution in [3.63, 3.8) is 0 Å². The van der Waals surface area contributed by atoms with Crippen LogP contribution in [-0.4, -0.2) is 35.8 Å². The van der Waals surface area contributed by atoms with Gasteiger partial charge in [0.15, 0.2) is 6.10 Å². The van der Waals surface area contributed by atoms with Gasteiger partial charge < -0.3 is 15.1 Å². The molecule has 0 aromatic heterocycles. The van der Waals surface area contributed by atoms with Gasteiger partial charge in [0.2, 0.25) is 0 Å². The van der Waals surface area contributed by atoms with Crippen LogP contribution in [0.5, 0.6) is 0 Å². The van der Waals surface area contributed by atoms with E-state index in [2.05, 4.69) is 10.5 Å². The molecule has 28 heavy (non-hydrogen) atoms. The quantitative estimate of drug-likeness (QED) is 0.814. The van der Waals surface area contributed by atoms with E-state index in [0.29, 0.717) is 12.3 Å². The number of hydrogen-bond donors (Lipinski definition) is 1. The molecule has 2 aromatic carbocycles. The van der Waals surface area contributed by atoms with Gasteiger partial charge in [-0.05, 0) is 36.8 Å². The number of halogens is 3. The van der Waals surface area contributed by atoms with Crippen LogP contribution in [0.1, 0.15) is 24.5 Å². The van der Waals surface area contributed by atoms with Crippen molar-refractivity contribution in [3.05, 3.63) is 71.0 Å².